The summed E-state index contributed by atoms with van der Waals surface area (Å²) in [5, 5.41) is 0. The first kappa shape index (κ1) is 10.9. The van der Waals surface area contributed by atoms with Crippen LogP contribution < -0.4 is 11.2 Å². The number of ketones is 1. The number of H-pyrrole nitrogens is 1. The number of carbonyl (C=O) groups excluding carboxylic acids is 1. The highest BCUT2D eigenvalue weighted by atomic mass is 16.2. The third kappa shape index (κ3) is 1.85. The van der Waals surface area contributed by atoms with Crippen molar-refractivity contribution in [1.82, 2.24) is 9.55 Å². The number of hydrogen-bond donors (Lipinski definition) is 1. The van der Waals surface area contributed by atoms with Gasteiger partial charge in [-0.1, -0.05) is 6.92 Å². The molecule has 2 unspecified atom stereocenters. The molecule has 1 aromatic rings. The Morgan fingerprint density at radius 2 is 2.19 bits per heavy atom. The van der Waals surface area contributed by atoms with Crippen LogP contribution in [-0.2, 0) is 6.54 Å². The summed E-state index contributed by atoms with van der Waals surface area (Å²) in [6, 6.07) is 0. The van der Waals surface area contributed by atoms with E-state index in [2.05, 4.69) is 11.9 Å². The summed E-state index contributed by atoms with van der Waals surface area (Å²) >= 11 is 0. The molecule has 0 saturated heterocycles. The Balaban J connectivity index is 2.43. The second-order valence-corrected chi connectivity index (χ2v) is 4.45. The Labute approximate surface area is 92.1 Å². The molecular weight excluding hydrogens is 208 g/mol. The van der Waals surface area contributed by atoms with Crippen LogP contribution in [0.4, 0.5) is 0 Å². The average Bonchev–Trinajstić information content (AvgIpc) is 2.88. The van der Waals surface area contributed by atoms with Crippen LogP contribution in [0.25, 0.3) is 0 Å². The van der Waals surface area contributed by atoms with Gasteiger partial charge in [0.2, 0.25) is 0 Å². The van der Waals surface area contributed by atoms with E-state index in [1.165, 1.54) is 13.1 Å². The Kier molecular flexibility index (Phi) is 2.53. The smallest absolute Gasteiger partial charge is 0.313 e. The molecule has 0 amide bonds. The van der Waals surface area contributed by atoms with Crippen LogP contribution in [0.15, 0.2) is 15.8 Å². The summed E-state index contributed by atoms with van der Waals surface area (Å²) < 4.78 is 1.13. The number of carbonyl (C=O) groups is 1. The van der Waals surface area contributed by atoms with E-state index < -0.39 is 11.2 Å². The lowest BCUT2D eigenvalue weighted by Gasteiger charge is -2.04. The fraction of sp³-hybridized carbons (Fsp3) is 0.545. The highest BCUT2D eigenvalue weighted by Crippen LogP contribution is 2.38. The molecule has 1 saturated carbocycles. The minimum atomic E-state index is -0.477. The van der Waals surface area contributed by atoms with Crippen LogP contribution in [0.3, 0.4) is 0 Å². The fourth-order valence-corrected chi connectivity index (χ4v) is 1.82. The summed E-state index contributed by atoms with van der Waals surface area (Å²) in [5.41, 5.74) is -0.864. The van der Waals surface area contributed by atoms with Gasteiger partial charge in [0.15, 0.2) is 5.78 Å². The third-order valence-electron chi connectivity index (χ3n) is 3.13. The lowest BCUT2D eigenvalue weighted by Crippen LogP contribution is -2.38. The number of nitrogens with one attached hydrogen (secondary N) is 1. The standard InChI is InChI=1S/C11H14N2O3/c1-6-3-8(6)5-13-10(15)9(7(2)14)4-12-11(13)16/h4,6,8H,3,5H2,1-2H3,(H,12,16). The van der Waals surface area contributed by atoms with Gasteiger partial charge < -0.3 is 4.98 Å². The van der Waals surface area contributed by atoms with E-state index in [4.69, 9.17) is 0 Å². The van der Waals surface area contributed by atoms with Crippen molar-refractivity contribution in [2.24, 2.45) is 11.8 Å². The predicted octanol–water partition coefficient (Wildman–Crippen LogP) is 0.395. The molecule has 1 fully saturated rings. The molecule has 0 aromatic carbocycles. The van der Waals surface area contributed by atoms with Gasteiger partial charge in [0.25, 0.3) is 5.56 Å². The van der Waals surface area contributed by atoms with E-state index >= 15 is 0 Å². The molecule has 0 aliphatic heterocycles. The summed E-state index contributed by atoms with van der Waals surface area (Å²) in [4.78, 5) is 36.9. The van der Waals surface area contributed by atoms with Gasteiger partial charge in [0.1, 0.15) is 0 Å². The van der Waals surface area contributed by atoms with Gasteiger partial charge in [-0.25, -0.2) is 4.79 Å². The van der Waals surface area contributed by atoms with E-state index in [1.54, 1.807) is 0 Å². The second-order valence-electron chi connectivity index (χ2n) is 4.45. The molecular formula is C11H14N2O3. The van der Waals surface area contributed by atoms with Gasteiger partial charge in [-0.15, -0.1) is 0 Å². The molecule has 1 aromatic heterocycles. The first-order valence-corrected chi connectivity index (χ1v) is 5.34. The van der Waals surface area contributed by atoms with Gasteiger partial charge in [-0.05, 0) is 25.2 Å². The van der Waals surface area contributed by atoms with Gasteiger partial charge in [-0.2, -0.15) is 0 Å². The van der Waals surface area contributed by atoms with Crippen LogP contribution in [0, 0.1) is 11.8 Å². The van der Waals surface area contributed by atoms with Crippen LogP contribution in [0.5, 0.6) is 0 Å². The van der Waals surface area contributed by atoms with Crippen molar-refractivity contribution in [2.45, 2.75) is 26.8 Å². The SMILES string of the molecule is CC(=O)c1c[nH]c(=O)n(CC2CC2C)c1=O. The normalized spacial score (nSPS) is 23.1. The summed E-state index contributed by atoms with van der Waals surface area (Å²) in [7, 11) is 0. The zero-order valence-corrected chi connectivity index (χ0v) is 9.32. The van der Waals surface area contributed by atoms with Crippen molar-refractivity contribution in [2.75, 3.05) is 0 Å². The summed E-state index contributed by atoms with van der Waals surface area (Å²) in [5.74, 6) is 0.632. The quantitative estimate of drug-likeness (QED) is 0.752. The molecule has 5 heteroatoms. The fourth-order valence-electron chi connectivity index (χ4n) is 1.82. The molecule has 86 valence electrons. The molecule has 0 radical (unpaired) electrons. The highest BCUT2D eigenvalue weighted by Gasteiger charge is 2.33. The van der Waals surface area contributed by atoms with Crippen molar-refractivity contribution in [3.8, 4) is 0 Å². The van der Waals surface area contributed by atoms with E-state index in [0.717, 1.165) is 11.0 Å². The summed E-state index contributed by atoms with van der Waals surface area (Å²) in [6.45, 7) is 3.81. The van der Waals surface area contributed by atoms with Gasteiger partial charge in [0.05, 0.1) is 5.56 Å². The number of rotatable bonds is 3. The van der Waals surface area contributed by atoms with E-state index in [9.17, 15) is 14.4 Å². The molecule has 0 spiro atoms. The van der Waals surface area contributed by atoms with Crippen molar-refractivity contribution in [3.05, 3.63) is 32.6 Å². The first-order valence-electron chi connectivity index (χ1n) is 5.34. The zero-order chi connectivity index (χ0) is 11.9. The van der Waals surface area contributed by atoms with Crippen molar-refractivity contribution < 1.29 is 4.79 Å². The maximum atomic E-state index is 11.8. The molecule has 16 heavy (non-hydrogen) atoms. The van der Waals surface area contributed by atoms with E-state index in [1.807, 2.05) is 0 Å². The Morgan fingerprint density at radius 1 is 1.56 bits per heavy atom. The lowest BCUT2D eigenvalue weighted by molar-refractivity contribution is 0.101. The third-order valence-corrected chi connectivity index (χ3v) is 3.13. The van der Waals surface area contributed by atoms with Crippen molar-refractivity contribution in [1.29, 1.82) is 0 Å². The molecule has 1 heterocycles. The van der Waals surface area contributed by atoms with Crippen LogP contribution in [-0.4, -0.2) is 15.3 Å². The first-order chi connectivity index (χ1) is 7.50. The van der Waals surface area contributed by atoms with Crippen LogP contribution >= 0.6 is 0 Å². The van der Waals surface area contributed by atoms with Crippen LogP contribution in [0.1, 0.15) is 30.6 Å². The maximum absolute atomic E-state index is 11.8. The van der Waals surface area contributed by atoms with Crippen molar-refractivity contribution >= 4 is 5.78 Å². The molecule has 1 aliphatic carbocycles. The van der Waals surface area contributed by atoms with E-state index in [0.29, 0.717) is 18.4 Å². The summed E-state index contributed by atoms with van der Waals surface area (Å²) in [6.07, 6.45) is 2.23. The van der Waals surface area contributed by atoms with E-state index in [-0.39, 0.29) is 11.3 Å². The molecule has 1 N–H and O–H groups in total. The number of hydrogen-bond acceptors (Lipinski definition) is 3. The van der Waals surface area contributed by atoms with Crippen LogP contribution in [0.2, 0.25) is 0 Å². The lowest BCUT2D eigenvalue weighted by atomic mass is 10.2. The number of nitrogens with zero attached hydrogens (tertiary/aromatic N) is 1. The van der Waals surface area contributed by atoms with Gasteiger partial charge >= 0.3 is 5.69 Å². The predicted molar refractivity (Wildman–Crippen MR) is 58.6 cm³/mol. The minimum absolute atomic E-state index is 0.0490. The number of Topliss-reactive ketones (excluding diaryl/α,β-unsaturated/α-hetero) is 1. The second kappa shape index (κ2) is 3.73. The average molecular weight is 222 g/mol. The molecule has 5 nitrogen and oxygen atoms in total. The largest absolute Gasteiger partial charge is 0.328 e. The van der Waals surface area contributed by atoms with Crippen molar-refractivity contribution in [3.63, 3.8) is 0 Å². The zero-order valence-electron chi connectivity index (χ0n) is 9.32. The minimum Gasteiger partial charge on any atom is -0.313 e. The highest BCUT2D eigenvalue weighted by molar-refractivity contribution is 5.93. The molecule has 2 rings (SSSR count). The van der Waals surface area contributed by atoms with Gasteiger partial charge in [0, 0.05) is 12.7 Å². The molecule has 1 aliphatic rings. The number of aromatic amines is 1. The number of aromatic nitrogens is 2. The Hall–Kier alpha value is -1.65. The topological polar surface area (TPSA) is 71.9 Å². The maximum Gasteiger partial charge on any atom is 0.328 e. The van der Waals surface area contributed by atoms with Gasteiger partial charge in [-0.3, -0.25) is 14.2 Å². The molecule has 2 atom stereocenters. The Bertz CT molecular complexity index is 541. The monoisotopic (exact) mass is 222 g/mol. The molecule has 0 bridgehead atoms. The Morgan fingerprint density at radius 3 is 2.69 bits per heavy atom.